The Hall–Kier alpha value is -2.24. The highest BCUT2D eigenvalue weighted by molar-refractivity contribution is 6.31. The number of halogens is 1. The molecule has 0 unspecified atom stereocenters. The maximum atomic E-state index is 12.1. The minimum atomic E-state index is -0.139. The molecule has 0 saturated heterocycles. The predicted octanol–water partition coefficient (Wildman–Crippen LogP) is 2.72. The Morgan fingerprint density at radius 1 is 1.29 bits per heavy atom. The van der Waals surface area contributed by atoms with E-state index in [2.05, 4.69) is 5.32 Å². The highest BCUT2D eigenvalue weighted by Crippen LogP contribution is 2.22. The Balaban J connectivity index is 2.62. The van der Waals surface area contributed by atoms with Gasteiger partial charge in [-0.15, -0.1) is 0 Å². The smallest absolute Gasteiger partial charge is 0.241 e. The van der Waals surface area contributed by atoms with Gasteiger partial charge in [0, 0.05) is 23.8 Å². The van der Waals surface area contributed by atoms with Gasteiger partial charge >= 0.3 is 0 Å². The number of carbonyl (C=O) groups excluding carboxylic acids is 1. The summed E-state index contributed by atoms with van der Waals surface area (Å²) < 4.78 is 0. The maximum absolute atomic E-state index is 12.1. The van der Waals surface area contributed by atoms with Gasteiger partial charge in [0.25, 0.3) is 0 Å². The van der Waals surface area contributed by atoms with Crippen molar-refractivity contribution >= 4 is 23.2 Å². The Kier molecular flexibility index (Phi) is 7.08. The van der Waals surface area contributed by atoms with Gasteiger partial charge in [-0.05, 0) is 24.6 Å². The molecule has 0 saturated carbocycles. The van der Waals surface area contributed by atoms with Crippen LogP contribution >= 0.6 is 11.6 Å². The van der Waals surface area contributed by atoms with Gasteiger partial charge in [-0.25, -0.2) is 0 Å². The fourth-order valence-electron chi connectivity index (χ4n) is 1.81. The highest BCUT2D eigenvalue weighted by Gasteiger charge is 2.13. The zero-order valence-corrected chi connectivity index (χ0v) is 12.7. The van der Waals surface area contributed by atoms with Crippen molar-refractivity contribution in [2.45, 2.75) is 19.8 Å². The first-order chi connectivity index (χ1) is 10.1. The van der Waals surface area contributed by atoms with Crippen LogP contribution in [0.25, 0.3) is 0 Å². The number of amides is 1. The summed E-state index contributed by atoms with van der Waals surface area (Å²) in [7, 11) is 0. The molecule has 1 aromatic rings. The number of nitrogens with one attached hydrogen (secondary N) is 1. The summed E-state index contributed by atoms with van der Waals surface area (Å²) in [6.45, 7) is 2.66. The van der Waals surface area contributed by atoms with Crippen LogP contribution in [0.3, 0.4) is 0 Å². The van der Waals surface area contributed by atoms with E-state index in [1.54, 1.807) is 6.07 Å². The average Bonchev–Trinajstić information content (AvgIpc) is 2.48. The zero-order chi connectivity index (χ0) is 15.7. The minimum absolute atomic E-state index is 0.109. The van der Waals surface area contributed by atoms with E-state index in [4.69, 9.17) is 22.1 Å². The van der Waals surface area contributed by atoms with Crippen LogP contribution in [0.5, 0.6) is 0 Å². The first kappa shape index (κ1) is 16.8. The molecule has 1 N–H and O–H groups in total. The normalized spacial score (nSPS) is 9.52. The van der Waals surface area contributed by atoms with Crippen LogP contribution in [0.2, 0.25) is 5.02 Å². The largest absolute Gasteiger partial charge is 0.376 e. The highest BCUT2D eigenvalue weighted by atomic mass is 35.5. The minimum Gasteiger partial charge on any atom is -0.376 e. The lowest BCUT2D eigenvalue weighted by Gasteiger charge is -2.21. The Morgan fingerprint density at radius 2 is 1.90 bits per heavy atom. The van der Waals surface area contributed by atoms with Crippen molar-refractivity contribution in [1.29, 1.82) is 10.5 Å². The van der Waals surface area contributed by atoms with Crippen LogP contribution in [0.4, 0.5) is 5.69 Å². The summed E-state index contributed by atoms with van der Waals surface area (Å²) in [6, 6.07) is 9.46. The molecule has 0 spiro atoms. The second-order valence-electron chi connectivity index (χ2n) is 4.46. The Bertz CT molecular complexity index is 556. The molecule has 5 nitrogen and oxygen atoms in total. The molecule has 0 heterocycles. The first-order valence-corrected chi connectivity index (χ1v) is 6.98. The second kappa shape index (κ2) is 8.84. The molecule has 1 aromatic carbocycles. The first-order valence-electron chi connectivity index (χ1n) is 6.60. The lowest BCUT2D eigenvalue weighted by Crippen LogP contribution is -2.37. The molecule has 0 aliphatic heterocycles. The Labute approximate surface area is 129 Å². The van der Waals surface area contributed by atoms with E-state index in [0.717, 1.165) is 11.3 Å². The predicted molar refractivity (Wildman–Crippen MR) is 81.7 cm³/mol. The van der Waals surface area contributed by atoms with Gasteiger partial charge in [-0.3, -0.25) is 4.79 Å². The number of anilines is 1. The van der Waals surface area contributed by atoms with E-state index in [9.17, 15) is 4.79 Å². The lowest BCUT2D eigenvalue weighted by atomic mass is 10.2. The van der Waals surface area contributed by atoms with E-state index in [-0.39, 0.29) is 25.3 Å². The van der Waals surface area contributed by atoms with Crippen molar-refractivity contribution < 1.29 is 4.79 Å². The average molecular weight is 305 g/mol. The molecular formula is C15H17ClN4O. The Morgan fingerprint density at radius 3 is 2.48 bits per heavy atom. The second-order valence-corrected chi connectivity index (χ2v) is 4.87. The van der Waals surface area contributed by atoms with Gasteiger partial charge in [-0.2, -0.15) is 10.5 Å². The third kappa shape index (κ3) is 5.33. The fourth-order valence-corrected chi connectivity index (χ4v) is 1.99. The zero-order valence-electron chi connectivity index (χ0n) is 11.9. The van der Waals surface area contributed by atoms with Crippen LogP contribution in [-0.2, 0) is 4.79 Å². The molecule has 0 fully saturated rings. The van der Waals surface area contributed by atoms with E-state index in [1.807, 2.05) is 31.2 Å². The number of rotatable bonds is 7. The molecule has 0 radical (unpaired) electrons. The van der Waals surface area contributed by atoms with E-state index in [0.29, 0.717) is 18.1 Å². The molecule has 21 heavy (non-hydrogen) atoms. The van der Waals surface area contributed by atoms with Crippen LogP contribution in [0.15, 0.2) is 18.2 Å². The molecular weight excluding hydrogens is 288 g/mol. The quantitative estimate of drug-likeness (QED) is 0.840. The van der Waals surface area contributed by atoms with Crippen molar-refractivity contribution in [3.8, 4) is 12.1 Å². The number of nitrogens with zero attached hydrogens (tertiary/aromatic N) is 3. The molecule has 1 rings (SSSR count). The van der Waals surface area contributed by atoms with Crippen molar-refractivity contribution in [1.82, 2.24) is 4.90 Å². The van der Waals surface area contributed by atoms with Gasteiger partial charge in [0.15, 0.2) is 0 Å². The van der Waals surface area contributed by atoms with Crippen LogP contribution in [-0.4, -0.2) is 30.4 Å². The number of nitriles is 2. The summed E-state index contributed by atoms with van der Waals surface area (Å²) in [4.78, 5) is 13.7. The summed E-state index contributed by atoms with van der Waals surface area (Å²) in [5.74, 6) is -0.139. The number of carbonyl (C=O) groups is 1. The SMILES string of the molecule is Cc1c(Cl)cccc1NCC(=O)N(CCC#N)CCC#N. The van der Waals surface area contributed by atoms with Gasteiger partial charge in [-0.1, -0.05) is 17.7 Å². The molecule has 0 aliphatic carbocycles. The number of benzene rings is 1. The maximum Gasteiger partial charge on any atom is 0.241 e. The molecule has 0 atom stereocenters. The lowest BCUT2D eigenvalue weighted by molar-refractivity contribution is -0.129. The van der Waals surface area contributed by atoms with Crippen LogP contribution in [0, 0.1) is 29.6 Å². The van der Waals surface area contributed by atoms with E-state index < -0.39 is 0 Å². The van der Waals surface area contributed by atoms with Crippen molar-refractivity contribution in [3.63, 3.8) is 0 Å². The summed E-state index contributed by atoms with van der Waals surface area (Å²) in [6.07, 6.45) is 0.515. The standard InChI is InChI=1S/C15H17ClN4O/c1-12-13(16)5-2-6-14(12)19-11-15(21)20(9-3-7-17)10-4-8-18/h2,5-6,19H,3-4,9-11H2,1H3. The topological polar surface area (TPSA) is 79.9 Å². The molecule has 0 bridgehead atoms. The fraction of sp³-hybridized carbons (Fsp3) is 0.400. The summed E-state index contributed by atoms with van der Waals surface area (Å²) in [5.41, 5.74) is 1.68. The molecule has 110 valence electrons. The molecule has 0 aliphatic rings. The molecule has 0 aromatic heterocycles. The van der Waals surface area contributed by atoms with Gasteiger partial charge in [0.2, 0.25) is 5.91 Å². The molecule has 6 heteroatoms. The number of hydrogen-bond donors (Lipinski definition) is 1. The third-order valence-electron chi connectivity index (χ3n) is 3.04. The van der Waals surface area contributed by atoms with Crippen molar-refractivity contribution in [3.05, 3.63) is 28.8 Å². The molecule has 1 amide bonds. The van der Waals surface area contributed by atoms with E-state index >= 15 is 0 Å². The van der Waals surface area contributed by atoms with Gasteiger partial charge in [0.1, 0.15) is 0 Å². The monoisotopic (exact) mass is 304 g/mol. The van der Waals surface area contributed by atoms with Crippen LogP contribution in [0.1, 0.15) is 18.4 Å². The van der Waals surface area contributed by atoms with Gasteiger partial charge in [0.05, 0.1) is 31.5 Å². The summed E-state index contributed by atoms with van der Waals surface area (Å²) >= 11 is 6.02. The van der Waals surface area contributed by atoms with Crippen LogP contribution < -0.4 is 5.32 Å². The number of hydrogen-bond acceptors (Lipinski definition) is 4. The third-order valence-corrected chi connectivity index (χ3v) is 3.45. The van der Waals surface area contributed by atoms with Gasteiger partial charge < -0.3 is 10.2 Å². The van der Waals surface area contributed by atoms with Crippen molar-refractivity contribution in [2.24, 2.45) is 0 Å². The summed E-state index contributed by atoms with van der Waals surface area (Å²) in [5, 5.41) is 20.9. The van der Waals surface area contributed by atoms with E-state index in [1.165, 1.54) is 4.90 Å². The van der Waals surface area contributed by atoms with Crippen molar-refractivity contribution in [2.75, 3.05) is 25.0 Å².